The van der Waals surface area contributed by atoms with Gasteiger partial charge in [-0.3, -0.25) is 4.90 Å². The largest absolute Gasteiger partial charge is 0.504 e. The van der Waals surface area contributed by atoms with Crippen LogP contribution in [-0.2, 0) is 16.6 Å². The molecule has 2 aromatic carbocycles. The van der Waals surface area contributed by atoms with Gasteiger partial charge in [-0.05, 0) is 61.1 Å². The number of piperidine rings is 1. The minimum atomic E-state index is 0.0801. The highest BCUT2D eigenvalue weighted by molar-refractivity contribution is 5.44. The van der Waals surface area contributed by atoms with Gasteiger partial charge in [0.15, 0.2) is 0 Å². The summed E-state index contributed by atoms with van der Waals surface area (Å²) in [6, 6.07) is 20.0. The van der Waals surface area contributed by atoms with Gasteiger partial charge in [-0.2, -0.15) is 0 Å². The van der Waals surface area contributed by atoms with Crippen LogP contribution in [0.5, 0.6) is 5.75 Å². The molecule has 2 atom stereocenters. The Morgan fingerprint density at radius 3 is 2.71 bits per heavy atom. The first-order valence-corrected chi connectivity index (χ1v) is 10.4. The minimum Gasteiger partial charge on any atom is -0.504 e. The molecule has 2 fully saturated rings. The highest BCUT2D eigenvalue weighted by Crippen LogP contribution is 2.51. The maximum Gasteiger partial charge on any atom is 0.119 e. The number of fused-ring (bicyclic) bond motifs is 2. The van der Waals surface area contributed by atoms with E-state index in [1.807, 2.05) is 12.3 Å². The van der Waals surface area contributed by atoms with Crippen molar-refractivity contribution < 1.29 is 9.47 Å². The van der Waals surface area contributed by atoms with Gasteiger partial charge in [0.05, 0.1) is 20.5 Å². The molecular formula is C25H31NO2. The molecule has 2 aliphatic rings. The normalized spacial score (nSPS) is 26.2. The Kier molecular flexibility index (Phi) is 5.72. The van der Waals surface area contributed by atoms with E-state index in [1.54, 1.807) is 14.2 Å². The number of benzene rings is 2. The standard InChI is InChI=1S/C25H31NO2/c1-27-19-23-24-12-7-14-25(23,21-10-6-11-22(18-21)28-2)15-17-26(24)16-13-20-8-4-3-5-9-20/h3-6,8-11,18-19,24H,7,12-17H2,1-2H3/t24-,25-/m0/s1. The van der Waals surface area contributed by atoms with Gasteiger partial charge in [-0.25, -0.2) is 0 Å². The van der Waals surface area contributed by atoms with E-state index in [0.29, 0.717) is 6.04 Å². The molecule has 3 heteroatoms. The van der Waals surface area contributed by atoms with E-state index in [4.69, 9.17) is 9.47 Å². The Bertz CT molecular complexity index is 816. The van der Waals surface area contributed by atoms with Crippen LogP contribution in [0.25, 0.3) is 0 Å². The molecule has 0 N–H and O–H groups in total. The van der Waals surface area contributed by atoms with Gasteiger partial charge < -0.3 is 9.47 Å². The zero-order chi connectivity index (χ0) is 19.4. The molecule has 3 nitrogen and oxygen atoms in total. The molecule has 4 rings (SSSR count). The maximum absolute atomic E-state index is 5.61. The zero-order valence-corrected chi connectivity index (χ0v) is 17.1. The van der Waals surface area contributed by atoms with Gasteiger partial charge in [0.2, 0.25) is 0 Å². The summed E-state index contributed by atoms with van der Waals surface area (Å²) < 4.78 is 11.1. The van der Waals surface area contributed by atoms with Crippen molar-refractivity contribution in [3.8, 4) is 5.75 Å². The first-order valence-electron chi connectivity index (χ1n) is 10.4. The van der Waals surface area contributed by atoms with Crippen molar-refractivity contribution >= 4 is 0 Å². The Morgan fingerprint density at radius 1 is 1.07 bits per heavy atom. The lowest BCUT2D eigenvalue weighted by Gasteiger charge is -2.52. The summed E-state index contributed by atoms with van der Waals surface area (Å²) in [5.74, 6) is 0.942. The maximum atomic E-state index is 5.61. The topological polar surface area (TPSA) is 21.7 Å². The van der Waals surface area contributed by atoms with Crippen LogP contribution in [0.3, 0.4) is 0 Å². The van der Waals surface area contributed by atoms with Crippen LogP contribution in [0.2, 0.25) is 0 Å². The molecular weight excluding hydrogens is 346 g/mol. The third kappa shape index (κ3) is 3.56. The summed E-state index contributed by atoms with van der Waals surface area (Å²) >= 11 is 0. The average molecular weight is 378 g/mol. The van der Waals surface area contributed by atoms with Gasteiger partial charge in [0.25, 0.3) is 0 Å². The minimum absolute atomic E-state index is 0.0801. The number of likely N-dealkylation sites (tertiary alicyclic amines) is 1. The highest BCUT2D eigenvalue weighted by atomic mass is 16.5. The summed E-state index contributed by atoms with van der Waals surface area (Å²) in [5.41, 5.74) is 4.33. The zero-order valence-electron chi connectivity index (χ0n) is 17.1. The van der Waals surface area contributed by atoms with E-state index in [2.05, 4.69) is 53.4 Å². The first kappa shape index (κ1) is 19.1. The van der Waals surface area contributed by atoms with E-state index < -0.39 is 0 Å². The molecule has 2 bridgehead atoms. The molecule has 1 aliphatic heterocycles. The van der Waals surface area contributed by atoms with E-state index >= 15 is 0 Å². The third-order valence-corrected chi connectivity index (χ3v) is 6.66. The van der Waals surface area contributed by atoms with Gasteiger partial charge in [-0.15, -0.1) is 0 Å². The smallest absolute Gasteiger partial charge is 0.119 e. The summed E-state index contributed by atoms with van der Waals surface area (Å²) in [7, 11) is 3.53. The van der Waals surface area contributed by atoms with Crippen LogP contribution in [0, 0.1) is 0 Å². The lowest BCUT2D eigenvalue weighted by molar-refractivity contribution is 0.104. The average Bonchev–Trinajstić information content (AvgIpc) is 2.74. The molecule has 0 spiro atoms. The van der Waals surface area contributed by atoms with Crippen LogP contribution in [0.15, 0.2) is 66.4 Å². The third-order valence-electron chi connectivity index (χ3n) is 6.66. The lowest BCUT2D eigenvalue weighted by Crippen LogP contribution is -2.54. The molecule has 0 unspecified atom stereocenters. The molecule has 0 aromatic heterocycles. The van der Waals surface area contributed by atoms with Crippen molar-refractivity contribution in [3.63, 3.8) is 0 Å². The summed E-state index contributed by atoms with van der Waals surface area (Å²) in [6.45, 7) is 2.24. The molecule has 28 heavy (non-hydrogen) atoms. The lowest BCUT2D eigenvalue weighted by atomic mass is 9.60. The molecule has 0 radical (unpaired) electrons. The number of nitrogens with zero attached hydrogens (tertiary/aromatic N) is 1. The SMILES string of the molecule is COC=C1[C@@H]2CCC[C@@]1(c1cccc(OC)c1)CCN2CCc1ccccc1. The van der Waals surface area contributed by atoms with Crippen molar-refractivity contribution in [2.24, 2.45) is 0 Å². The molecule has 1 heterocycles. The fourth-order valence-corrected chi connectivity index (χ4v) is 5.23. The van der Waals surface area contributed by atoms with Crippen LogP contribution >= 0.6 is 0 Å². The van der Waals surface area contributed by atoms with Crippen LogP contribution in [-0.4, -0.2) is 38.3 Å². The quantitative estimate of drug-likeness (QED) is 0.664. The Morgan fingerprint density at radius 2 is 1.93 bits per heavy atom. The van der Waals surface area contributed by atoms with Crippen molar-refractivity contribution in [2.45, 2.75) is 43.6 Å². The van der Waals surface area contributed by atoms with E-state index in [-0.39, 0.29) is 5.41 Å². The second-order valence-corrected chi connectivity index (χ2v) is 8.05. The molecule has 1 aliphatic carbocycles. The van der Waals surface area contributed by atoms with Crippen LogP contribution in [0.1, 0.15) is 36.8 Å². The monoisotopic (exact) mass is 377 g/mol. The number of hydrogen-bond acceptors (Lipinski definition) is 3. The highest BCUT2D eigenvalue weighted by Gasteiger charge is 2.48. The van der Waals surface area contributed by atoms with Gasteiger partial charge >= 0.3 is 0 Å². The molecule has 0 amide bonds. The van der Waals surface area contributed by atoms with Crippen LogP contribution < -0.4 is 4.74 Å². The molecule has 148 valence electrons. The van der Waals surface area contributed by atoms with Gasteiger partial charge in [-0.1, -0.05) is 48.9 Å². The Balaban J connectivity index is 1.61. The second kappa shape index (κ2) is 8.40. The van der Waals surface area contributed by atoms with Gasteiger partial charge in [0, 0.05) is 18.0 Å². The first-order chi connectivity index (χ1) is 13.8. The number of hydrogen-bond donors (Lipinski definition) is 0. The van der Waals surface area contributed by atoms with E-state index in [1.165, 1.54) is 36.0 Å². The number of methoxy groups -OCH3 is 2. The predicted molar refractivity (Wildman–Crippen MR) is 114 cm³/mol. The second-order valence-electron chi connectivity index (χ2n) is 8.05. The van der Waals surface area contributed by atoms with Crippen molar-refractivity contribution in [1.82, 2.24) is 4.90 Å². The fourth-order valence-electron chi connectivity index (χ4n) is 5.23. The molecule has 1 saturated heterocycles. The predicted octanol–water partition coefficient (Wildman–Crippen LogP) is 4.96. The summed E-state index contributed by atoms with van der Waals surface area (Å²) in [4.78, 5) is 2.68. The Hall–Kier alpha value is -2.26. The van der Waals surface area contributed by atoms with Crippen molar-refractivity contribution in [2.75, 3.05) is 27.3 Å². The van der Waals surface area contributed by atoms with Crippen molar-refractivity contribution in [3.05, 3.63) is 77.6 Å². The number of rotatable bonds is 6. The summed E-state index contributed by atoms with van der Waals surface area (Å²) in [5, 5.41) is 0. The van der Waals surface area contributed by atoms with Crippen molar-refractivity contribution in [1.29, 1.82) is 0 Å². The molecule has 1 saturated carbocycles. The van der Waals surface area contributed by atoms with E-state index in [9.17, 15) is 0 Å². The fraction of sp³-hybridized carbons (Fsp3) is 0.440. The Labute approximate surface area is 169 Å². The summed E-state index contributed by atoms with van der Waals surface area (Å²) in [6.07, 6.45) is 7.95. The van der Waals surface area contributed by atoms with E-state index in [0.717, 1.165) is 31.7 Å². The van der Waals surface area contributed by atoms with Crippen LogP contribution in [0.4, 0.5) is 0 Å². The molecule has 2 aromatic rings. The number of ether oxygens (including phenoxy) is 2. The van der Waals surface area contributed by atoms with Gasteiger partial charge in [0.1, 0.15) is 5.75 Å².